The predicted molar refractivity (Wildman–Crippen MR) is 114 cm³/mol. The molecule has 7 nitrogen and oxygen atoms in total. The standard InChI is InChI=1S/C20H34N4O3S/c1-5-21-20(22-16-18-10-12-24(13-11-18)28(4,25)26)23(3)14-15-27-19-8-6-17(2)7-9-19/h6-9,18H,5,10-16H2,1-4H3,(H,21,22). The Hall–Kier alpha value is -1.80. The molecule has 0 radical (unpaired) electrons. The van der Waals surface area contributed by atoms with Gasteiger partial charge in [0.15, 0.2) is 5.96 Å². The fourth-order valence-corrected chi connectivity index (χ4v) is 4.02. The van der Waals surface area contributed by atoms with E-state index >= 15 is 0 Å². The third-order valence-electron chi connectivity index (χ3n) is 4.95. The maximum atomic E-state index is 11.6. The van der Waals surface area contributed by atoms with Crippen LogP contribution in [0.2, 0.25) is 0 Å². The molecule has 0 saturated carbocycles. The van der Waals surface area contributed by atoms with Crippen molar-refractivity contribution in [3.63, 3.8) is 0 Å². The minimum absolute atomic E-state index is 0.420. The molecule has 8 heteroatoms. The average Bonchev–Trinajstić information content (AvgIpc) is 2.66. The highest BCUT2D eigenvalue weighted by Crippen LogP contribution is 2.19. The highest BCUT2D eigenvalue weighted by molar-refractivity contribution is 7.88. The molecule has 0 bridgehead atoms. The van der Waals surface area contributed by atoms with E-state index < -0.39 is 10.0 Å². The number of sulfonamides is 1. The Morgan fingerprint density at radius 2 is 1.93 bits per heavy atom. The van der Waals surface area contributed by atoms with Gasteiger partial charge in [-0.15, -0.1) is 0 Å². The minimum atomic E-state index is -3.08. The van der Waals surface area contributed by atoms with Crippen molar-refractivity contribution in [2.24, 2.45) is 10.9 Å². The Labute approximate surface area is 169 Å². The number of hydrogen-bond donors (Lipinski definition) is 1. The largest absolute Gasteiger partial charge is 0.492 e. The first kappa shape index (κ1) is 22.5. The van der Waals surface area contributed by atoms with Crippen molar-refractivity contribution in [1.29, 1.82) is 0 Å². The van der Waals surface area contributed by atoms with E-state index in [0.29, 0.717) is 32.2 Å². The van der Waals surface area contributed by atoms with Gasteiger partial charge in [0.25, 0.3) is 0 Å². The van der Waals surface area contributed by atoms with Crippen LogP contribution >= 0.6 is 0 Å². The summed E-state index contributed by atoms with van der Waals surface area (Å²) in [6.45, 7) is 8.12. The molecule has 0 atom stereocenters. The number of aliphatic imine (C=N–C) groups is 1. The number of ether oxygens (including phenoxy) is 1. The van der Waals surface area contributed by atoms with Crippen LogP contribution in [0, 0.1) is 12.8 Å². The number of likely N-dealkylation sites (N-methyl/N-ethyl adjacent to an activating group) is 1. The molecule has 1 aromatic carbocycles. The third-order valence-corrected chi connectivity index (χ3v) is 6.26. The van der Waals surface area contributed by atoms with Crippen LogP contribution < -0.4 is 10.1 Å². The van der Waals surface area contributed by atoms with Gasteiger partial charge in [0, 0.05) is 33.2 Å². The van der Waals surface area contributed by atoms with E-state index in [4.69, 9.17) is 9.73 Å². The Kier molecular flexibility index (Phi) is 8.57. The summed E-state index contributed by atoms with van der Waals surface area (Å²) in [6.07, 6.45) is 2.99. The molecule has 0 amide bonds. The summed E-state index contributed by atoms with van der Waals surface area (Å²) in [7, 11) is -1.07. The van der Waals surface area contributed by atoms with Gasteiger partial charge in [-0.05, 0) is 44.7 Å². The molecule has 1 aromatic rings. The summed E-state index contributed by atoms with van der Waals surface area (Å²) in [5, 5.41) is 3.33. The molecule has 28 heavy (non-hydrogen) atoms. The van der Waals surface area contributed by atoms with Crippen molar-refractivity contribution in [3.8, 4) is 5.75 Å². The first-order chi connectivity index (χ1) is 13.3. The van der Waals surface area contributed by atoms with Gasteiger partial charge in [-0.25, -0.2) is 12.7 Å². The second kappa shape index (κ2) is 10.7. The van der Waals surface area contributed by atoms with Crippen LogP contribution in [-0.4, -0.2) is 76.2 Å². The second-order valence-electron chi connectivity index (χ2n) is 7.38. The number of nitrogens with zero attached hydrogens (tertiary/aromatic N) is 3. The molecule has 1 heterocycles. The highest BCUT2D eigenvalue weighted by atomic mass is 32.2. The lowest BCUT2D eigenvalue weighted by Gasteiger charge is -2.30. The lowest BCUT2D eigenvalue weighted by atomic mass is 9.98. The fraction of sp³-hybridized carbons (Fsp3) is 0.650. The lowest BCUT2D eigenvalue weighted by molar-refractivity contribution is 0.274. The quantitative estimate of drug-likeness (QED) is 0.524. The summed E-state index contributed by atoms with van der Waals surface area (Å²) in [5.41, 5.74) is 1.22. The number of guanidine groups is 1. The van der Waals surface area contributed by atoms with Gasteiger partial charge in [0.2, 0.25) is 10.0 Å². The number of piperidine rings is 1. The SMILES string of the molecule is CCNC(=NCC1CCN(S(C)(=O)=O)CC1)N(C)CCOc1ccc(C)cc1. The van der Waals surface area contributed by atoms with E-state index in [1.165, 1.54) is 11.8 Å². The smallest absolute Gasteiger partial charge is 0.211 e. The van der Waals surface area contributed by atoms with Crippen LogP contribution in [-0.2, 0) is 10.0 Å². The molecule has 1 saturated heterocycles. The molecule has 1 fully saturated rings. The van der Waals surface area contributed by atoms with Gasteiger partial charge in [0.1, 0.15) is 12.4 Å². The van der Waals surface area contributed by atoms with Crippen molar-refractivity contribution in [1.82, 2.24) is 14.5 Å². The fourth-order valence-electron chi connectivity index (χ4n) is 3.15. The molecule has 2 rings (SSSR count). The summed E-state index contributed by atoms with van der Waals surface area (Å²) in [6, 6.07) is 8.05. The van der Waals surface area contributed by atoms with E-state index in [2.05, 4.69) is 24.1 Å². The Morgan fingerprint density at radius 3 is 2.50 bits per heavy atom. The Balaban J connectivity index is 1.81. The van der Waals surface area contributed by atoms with Crippen molar-refractivity contribution in [2.75, 3.05) is 52.6 Å². The van der Waals surface area contributed by atoms with Gasteiger partial charge in [-0.1, -0.05) is 17.7 Å². The zero-order valence-corrected chi connectivity index (χ0v) is 18.3. The van der Waals surface area contributed by atoms with E-state index in [0.717, 1.165) is 37.6 Å². The monoisotopic (exact) mass is 410 g/mol. The Bertz CT molecular complexity index is 726. The summed E-state index contributed by atoms with van der Waals surface area (Å²) < 4.78 is 30.6. The molecule has 0 spiro atoms. The molecular formula is C20H34N4O3S. The van der Waals surface area contributed by atoms with Crippen molar-refractivity contribution in [3.05, 3.63) is 29.8 Å². The first-order valence-electron chi connectivity index (χ1n) is 9.93. The van der Waals surface area contributed by atoms with Crippen LogP contribution in [0.25, 0.3) is 0 Å². The van der Waals surface area contributed by atoms with E-state index in [1.54, 1.807) is 4.31 Å². The molecule has 1 N–H and O–H groups in total. The zero-order valence-electron chi connectivity index (χ0n) is 17.5. The van der Waals surface area contributed by atoms with Crippen LogP contribution in [0.15, 0.2) is 29.3 Å². The Morgan fingerprint density at radius 1 is 1.29 bits per heavy atom. The van der Waals surface area contributed by atoms with E-state index in [1.807, 2.05) is 31.3 Å². The van der Waals surface area contributed by atoms with Crippen molar-refractivity contribution < 1.29 is 13.2 Å². The van der Waals surface area contributed by atoms with Crippen LogP contribution in [0.4, 0.5) is 0 Å². The van der Waals surface area contributed by atoms with Crippen LogP contribution in [0.5, 0.6) is 5.75 Å². The van der Waals surface area contributed by atoms with Gasteiger partial charge >= 0.3 is 0 Å². The second-order valence-corrected chi connectivity index (χ2v) is 9.37. The molecular weight excluding hydrogens is 376 g/mol. The van der Waals surface area contributed by atoms with Crippen molar-refractivity contribution >= 4 is 16.0 Å². The molecule has 0 unspecified atom stereocenters. The predicted octanol–water partition coefficient (Wildman–Crippen LogP) is 1.94. The minimum Gasteiger partial charge on any atom is -0.492 e. The topological polar surface area (TPSA) is 74.2 Å². The first-order valence-corrected chi connectivity index (χ1v) is 11.8. The number of rotatable bonds is 8. The summed E-state index contributed by atoms with van der Waals surface area (Å²) >= 11 is 0. The van der Waals surface area contributed by atoms with Gasteiger partial charge in [-0.3, -0.25) is 4.99 Å². The lowest BCUT2D eigenvalue weighted by Crippen LogP contribution is -2.42. The maximum Gasteiger partial charge on any atom is 0.211 e. The number of hydrogen-bond acceptors (Lipinski definition) is 4. The molecule has 1 aliphatic heterocycles. The third kappa shape index (κ3) is 7.31. The number of benzene rings is 1. The van der Waals surface area contributed by atoms with Gasteiger partial charge in [0.05, 0.1) is 12.8 Å². The van der Waals surface area contributed by atoms with Gasteiger partial charge < -0.3 is 15.0 Å². The number of aryl methyl sites for hydroxylation is 1. The molecule has 0 aliphatic carbocycles. The average molecular weight is 411 g/mol. The van der Waals surface area contributed by atoms with Gasteiger partial charge in [-0.2, -0.15) is 0 Å². The normalized spacial score (nSPS) is 16.8. The van der Waals surface area contributed by atoms with Crippen molar-refractivity contribution in [2.45, 2.75) is 26.7 Å². The van der Waals surface area contributed by atoms with Crippen LogP contribution in [0.3, 0.4) is 0 Å². The zero-order chi connectivity index (χ0) is 20.6. The number of nitrogens with one attached hydrogen (secondary N) is 1. The highest BCUT2D eigenvalue weighted by Gasteiger charge is 2.24. The molecule has 158 valence electrons. The van der Waals surface area contributed by atoms with E-state index in [-0.39, 0.29) is 0 Å². The summed E-state index contributed by atoms with van der Waals surface area (Å²) in [4.78, 5) is 6.84. The van der Waals surface area contributed by atoms with E-state index in [9.17, 15) is 8.42 Å². The molecule has 1 aliphatic rings. The van der Waals surface area contributed by atoms with Crippen LogP contribution in [0.1, 0.15) is 25.3 Å². The maximum absolute atomic E-state index is 11.6. The summed E-state index contributed by atoms with van der Waals surface area (Å²) in [5.74, 6) is 2.16. The molecule has 0 aromatic heterocycles.